The van der Waals surface area contributed by atoms with Crippen LogP contribution in [0.3, 0.4) is 0 Å². The molecule has 0 radical (unpaired) electrons. The number of hydrogen-bond acceptors (Lipinski definition) is 3. The number of benzene rings is 1. The lowest BCUT2D eigenvalue weighted by atomic mass is 10.0. The molecule has 1 aliphatic carbocycles. The summed E-state index contributed by atoms with van der Waals surface area (Å²) in [5.74, 6) is 2.23. The second-order valence-corrected chi connectivity index (χ2v) is 5.59. The highest BCUT2D eigenvalue weighted by molar-refractivity contribution is 6.36. The van der Waals surface area contributed by atoms with E-state index in [2.05, 4.69) is 12.1 Å². The zero-order valence-electron chi connectivity index (χ0n) is 9.78. The first-order valence-electron chi connectivity index (χ1n) is 5.78. The number of hydrogen-bond donors (Lipinski definition) is 1. The van der Waals surface area contributed by atoms with Crippen molar-refractivity contribution < 1.29 is 4.52 Å². The van der Waals surface area contributed by atoms with Crippen molar-refractivity contribution in [1.82, 2.24) is 5.16 Å². The van der Waals surface area contributed by atoms with E-state index in [0.717, 1.165) is 23.3 Å². The summed E-state index contributed by atoms with van der Waals surface area (Å²) >= 11 is 12.1. The van der Waals surface area contributed by atoms with E-state index in [-0.39, 0.29) is 0 Å². The molecule has 3 nitrogen and oxygen atoms in total. The molecule has 1 saturated carbocycles. The van der Waals surface area contributed by atoms with Crippen LogP contribution in [0.5, 0.6) is 0 Å². The number of aromatic nitrogens is 1. The molecule has 0 spiro atoms. The molecule has 0 saturated heterocycles. The highest BCUT2D eigenvalue weighted by Crippen LogP contribution is 2.51. The largest absolute Gasteiger partial charge is 0.380 e. The summed E-state index contributed by atoms with van der Waals surface area (Å²) in [6.07, 6.45) is 1.10. The Balaban J connectivity index is 2.13. The summed E-state index contributed by atoms with van der Waals surface area (Å²) in [6.45, 7) is 2.18. The fourth-order valence-electron chi connectivity index (χ4n) is 2.22. The summed E-state index contributed by atoms with van der Waals surface area (Å²) in [4.78, 5) is 0. The van der Waals surface area contributed by atoms with Crippen molar-refractivity contribution in [3.8, 4) is 11.1 Å². The maximum Gasteiger partial charge on any atom is 0.175 e. The van der Waals surface area contributed by atoms with Crippen LogP contribution in [0, 0.1) is 5.92 Å². The van der Waals surface area contributed by atoms with Gasteiger partial charge in [0.05, 0.1) is 10.6 Å². The first-order valence-corrected chi connectivity index (χ1v) is 6.54. The molecule has 1 aromatic carbocycles. The predicted molar refractivity (Wildman–Crippen MR) is 72.9 cm³/mol. The Labute approximate surface area is 115 Å². The van der Waals surface area contributed by atoms with E-state index in [1.165, 1.54) is 0 Å². The highest BCUT2D eigenvalue weighted by Gasteiger charge is 2.40. The van der Waals surface area contributed by atoms with Crippen LogP contribution in [0.1, 0.15) is 25.0 Å². The summed E-state index contributed by atoms with van der Waals surface area (Å²) in [5, 5.41) is 5.02. The lowest BCUT2D eigenvalue weighted by Gasteiger charge is -2.05. The number of anilines is 1. The van der Waals surface area contributed by atoms with Crippen LogP contribution >= 0.6 is 23.2 Å². The standard InChI is InChI=1S/C13H12Cl2N2O/c1-6-4-9(6)12-11(13(16)17-18-12)8-3-2-7(14)5-10(8)15/h2-3,5-6,9H,4H2,1H3,(H2,16,17). The summed E-state index contributed by atoms with van der Waals surface area (Å²) < 4.78 is 5.36. The second kappa shape index (κ2) is 4.18. The summed E-state index contributed by atoms with van der Waals surface area (Å²) in [7, 11) is 0. The molecule has 0 amide bonds. The van der Waals surface area contributed by atoms with Crippen LogP contribution in [0.4, 0.5) is 5.82 Å². The lowest BCUT2D eigenvalue weighted by molar-refractivity contribution is 0.384. The van der Waals surface area contributed by atoms with Crippen LogP contribution in [0.25, 0.3) is 11.1 Å². The monoisotopic (exact) mass is 282 g/mol. The number of halogens is 2. The quantitative estimate of drug-likeness (QED) is 0.891. The van der Waals surface area contributed by atoms with E-state index >= 15 is 0 Å². The Bertz CT molecular complexity index is 609. The molecule has 1 aromatic heterocycles. The third-order valence-corrected chi connectivity index (χ3v) is 3.94. The van der Waals surface area contributed by atoms with Gasteiger partial charge in [-0.25, -0.2) is 0 Å². The van der Waals surface area contributed by atoms with E-state index < -0.39 is 0 Å². The van der Waals surface area contributed by atoms with Gasteiger partial charge in [0, 0.05) is 16.5 Å². The van der Waals surface area contributed by atoms with Gasteiger partial charge in [0.25, 0.3) is 0 Å². The van der Waals surface area contributed by atoms with Crippen molar-refractivity contribution in [3.63, 3.8) is 0 Å². The SMILES string of the molecule is CC1CC1c1onc(N)c1-c1ccc(Cl)cc1Cl. The van der Waals surface area contributed by atoms with E-state index in [4.69, 9.17) is 33.5 Å². The number of nitrogen functional groups attached to an aromatic ring is 1. The minimum atomic E-state index is 0.383. The Hall–Kier alpha value is -1.19. The normalized spacial score (nSPS) is 22.2. The zero-order chi connectivity index (χ0) is 12.9. The highest BCUT2D eigenvalue weighted by atomic mass is 35.5. The van der Waals surface area contributed by atoms with Crippen molar-refractivity contribution in [2.75, 3.05) is 5.73 Å². The molecular formula is C13H12Cl2N2O. The molecule has 0 bridgehead atoms. The van der Waals surface area contributed by atoms with Crippen LogP contribution in [0.2, 0.25) is 10.0 Å². The van der Waals surface area contributed by atoms with Crippen molar-refractivity contribution in [3.05, 3.63) is 34.0 Å². The molecular weight excluding hydrogens is 271 g/mol. The Morgan fingerprint density at radius 2 is 2.11 bits per heavy atom. The second-order valence-electron chi connectivity index (χ2n) is 4.75. The smallest absolute Gasteiger partial charge is 0.175 e. The van der Waals surface area contributed by atoms with Gasteiger partial charge >= 0.3 is 0 Å². The third-order valence-electron chi connectivity index (χ3n) is 3.39. The van der Waals surface area contributed by atoms with Gasteiger partial charge in [0.15, 0.2) is 5.82 Å². The van der Waals surface area contributed by atoms with Gasteiger partial charge in [-0.05, 0) is 24.5 Å². The van der Waals surface area contributed by atoms with Crippen LogP contribution in [-0.4, -0.2) is 5.16 Å². The molecule has 2 unspecified atom stereocenters. The Morgan fingerprint density at radius 1 is 1.39 bits per heavy atom. The molecule has 1 heterocycles. The summed E-state index contributed by atoms with van der Waals surface area (Å²) in [5.41, 5.74) is 7.53. The Kier molecular flexibility index (Phi) is 2.76. The van der Waals surface area contributed by atoms with Crippen molar-refractivity contribution in [2.24, 2.45) is 5.92 Å². The van der Waals surface area contributed by atoms with Gasteiger partial charge in [-0.3, -0.25) is 0 Å². The van der Waals surface area contributed by atoms with Gasteiger partial charge in [-0.1, -0.05) is 41.3 Å². The maximum atomic E-state index is 6.22. The molecule has 0 aliphatic heterocycles. The van der Waals surface area contributed by atoms with Gasteiger partial charge in [0.2, 0.25) is 0 Å². The predicted octanol–water partition coefficient (Wildman–Crippen LogP) is 4.35. The molecule has 3 rings (SSSR count). The van der Waals surface area contributed by atoms with Crippen LogP contribution in [0.15, 0.2) is 22.7 Å². The van der Waals surface area contributed by atoms with Gasteiger partial charge < -0.3 is 10.3 Å². The molecule has 94 valence electrons. The maximum absolute atomic E-state index is 6.22. The molecule has 2 N–H and O–H groups in total. The number of nitrogens with zero attached hydrogens (tertiary/aromatic N) is 1. The van der Waals surface area contributed by atoms with Gasteiger partial charge in [0.1, 0.15) is 5.76 Å². The van der Waals surface area contributed by atoms with Crippen molar-refractivity contribution in [2.45, 2.75) is 19.3 Å². The summed E-state index contributed by atoms with van der Waals surface area (Å²) in [6, 6.07) is 5.34. The molecule has 18 heavy (non-hydrogen) atoms. The zero-order valence-corrected chi connectivity index (χ0v) is 11.3. The number of rotatable bonds is 2. The van der Waals surface area contributed by atoms with E-state index in [9.17, 15) is 0 Å². The van der Waals surface area contributed by atoms with Gasteiger partial charge in [-0.15, -0.1) is 0 Å². The minimum absolute atomic E-state index is 0.383. The van der Waals surface area contributed by atoms with Crippen molar-refractivity contribution in [1.29, 1.82) is 0 Å². The first kappa shape index (κ1) is 11.9. The fraction of sp³-hybridized carbons (Fsp3) is 0.308. The minimum Gasteiger partial charge on any atom is -0.380 e. The van der Waals surface area contributed by atoms with E-state index in [0.29, 0.717) is 27.7 Å². The average Bonchev–Trinajstić information content (AvgIpc) is 2.91. The van der Waals surface area contributed by atoms with E-state index in [1.807, 2.05) is 6.07 Å². The van der Waals surface area contributed by atoms with Crippen molar-refractivity contribution >= 4 is 29.0 Å². The topological polar surface area (TPSA) is 52.0 Å². The van der Waals surface area contributed by atoms with Crippen LogP contribution in [-0.2, 0) is 0 Å². The molecule has 2 aromatic rings. The molecule has 1 aliphatic rings. The lowest BCUT2D eigenvalue weighted by Crippen LogP contribution is -1.91. The molecule has 1 fully saturated rings. The first-order chi connectivity index (χ1) is 8.58. The van der Waals surface area contributed by atoms with Gasteiger partial charge in [-0.2, -0.15) is 0 Å². The average molecular weight is 283 g/mol. The molecule has 5 heteroatoms. The molecule has 2 atom stereocenters. The Morgan fingerprint density at radius 3 is 2.72 bits per heavy atom. The van der Waals surface area contributed by atoms with E-state index in [1.54, 1.807) is 12.1 Å². The number of nitrogens with two attached hydrogens (primary N) is 1. The van der Waals surface area contributed by atoms with Crippen LogP contribution < -0.4 is 5.73 Å². The third kappa shape index (κ3) is 1.88. The fourth-order valence-corrected chi connectivity index (χ4v) is 2.72.